The Bertz CT molecular complexity index is 1610. The van der Waals surface area contributed by atoms with Crippen molar-refractivity contribution in [2.24, 2.45) is 15.7 Å². The van der Waals surface area contributed by atoms with Gasteiger partial charge in [0.05, 0.1) is 35.7 Å². The molecule has 0 spiro atoms. The molecule has 11 heteroatoms. The van der Waals surface area contributed by atoms with Gasteiger partial charge in [-0.15, -0.1) is 0 Å². The summed E-state index contributed by atoms with van der Waals surface area (Å²) in [5.74, 6) is -0.677. The lowest BCUT2D eigenvalue weighted by Gasteiger charge is -2.28. The Morgan fingerprint density at radius 2 is 1.85 bits per heavy atom. The van der Waals surface area contributed by atoms with Crippen LogP contribution in [0.25, 0.3) is 11.1 Å². The van der Waals surface area contributed by atoms with E-state index in [2.05, 4.69) is 25.2 Å². The normalized spacial score (nSPS) is 17.7. The van der Waals surface area contributed by atoms with Gasteiger partial charge in [0.2, 0.25) is 17.6 Å². The number of nitrogens with two attached hydrogens (primary N) is 1. The van der Waals surface area contributed by atoms with Crippen molar-refractivity contribution in [3.8, 4) is 0 Å². The molecule has 1 amide bonds. The van der Waals surface area contributed by atoms with E-state index in [-0.39, 0.29) is 11.7 Å². The minimum absolute atomic E-state index is 0.162. The molecule has 39 heavy (non-hydrogen) atoms. The van der Waals surface area contributed by atoms with E-state index < -0.39 is 18.1 Å². The third-order valence-corrected chi connectivity index (χ3v) is 6.40. The molecule has 6 rings (SSSR count). The van der Waals surface area contributed by atoms with Crippen LogP contribution in [-0.2, 0) is 14.3 Å². The molecule has 2 aromatic heterocycles. The van der Waals surface area contributed by atoms with Crippen molar-refractivity contribution in [3.05, 3.63) is 89.8 Å². The number of morpholine rings is 1. The van der Waals surface area contributed by atoms with Crippen LogP contribution in [0.5, 0.6) is 0 Å². The zero-order valence-electron chi connectivity index (χ0n) is 20.8. The van der Waals surface area contributed by atoms with Gasteiger partial charge >= 0.3 is 0 Å². The number of anilines is 2. The summed E-state index contributed by atoms with van der Waals surface area (Å²) in [6, 6.07) is 20.2. The SMILES string of the molecule is N=C(OC(N)=NC1N=C(c2ccccc2)c2ccccc2NC1=O)c1oc2ncccc2c1N1CCOCC1. The van der Waals surface area contributed by atoms with E-state index in [0.29, 0.717) is 49.1 Å². The van der Waals surface area contributed by atoms with Crippen LogP contribution in [0.15, 0.2) is 87.3 Å². The molecule has 1 unspecified atom stereocenters. The molecule has 4 aromatic rings. The Hall–Kier alpha value is -5.03. The number of amidine groups is 1. The first-order chi connectivity index (χ1) is 19.1. The molecule has 2 aliphatic rings. The number of hydrogen-bond acceptors (Lipinski definition) is 9. The van der Waals surface area contributed by atoms with E-state index >= 15 is 0 Å². The molecule has 0 saturated carbocycles. The number of nitrogens with one attached hydrogen (secondary N) is 2. The fourth-order valence-corrected chi connectivity index (χ4v) is 4.63. The van der Waals surface area contributed by atoms with Gasteiger partial charge in [-0.25, -0.2) is 9.98 Å². The first-order valence-electron chi connectivity index (χ1n) is 12.4. The predicted octanol–water partition coefficient (Wildman–Crippen LogP) is 3.14. The van der Waals surface area contributed by atoms with Gasteiger partial charge in [-0.3, -0.25) is 10.2 Å². The highest BCUT2D eigenvalue weighted by Crippen LogP contribution is 2.34. The number of aromatic nitrogens is 1. The fourth-order valence-electron chi connectivity index (χ4n) is 4.63. The zero-order chi connectivity index (χ0) is 26.8. The van der Waals surface area contributed by atoms with Crippen molar-refractivity contribution in [2.45, 2.75) is 6.17 Å². The number of benzodiazepines with no additional fused rings is 1. The number of benzene rings is 2. The summed E-state index contributed by atoms with van der Waals surface area (Å²) in [7, 11) is 0. The monoisotopic (exact) mass is 523 g/mol. The number of nitrogens with zero attached hydrogens (tertiary/aromatic N) is 4. The third kappa shape index (κ3) is 4.82. The Balaban J connectivity index is 1.32. The van der Waals surface area contributed by atoms with Crippen molar-refractivity contribution in [2.75, 3.05) is 36.5 Å². The van der Waals surface area contributed by atoms with Crippen LogP contribution in [0.3, 0.4) is 0 Å². The first-order valence-corrected chi connectivity index (χ1v) is 12.4. The number of hydrogen-bond donors (Lipinski definition) is 3. The number of carbonyl (C=O) groups is 1. The van der Waals surface area contributed by atoms with Crippen LogP contribution in [0.2, 0.25) is 0 Å². The van der Waals surface area contributed by atoms with Gasteiger partial charge in [-0.2, -0.15) is 4.99 Å². The van der Waals surface area contributed by atoms with Gasteiger partial charge in [0, 0.05) is 30.4 Å². The number of rotatable bonds is 4. The minimum Gasteiger partial charge on any atom is -0.430 e. The maximum absolute atomic E-state index is 13.1. The maximum atomic E-state index is 13.1. The van der Waals surface area contributed by atoms with Crippen molar-refractivity contribution >= 4 is 46.0 Å². The summed E-state index contributed by atoms with van der Waals surface area (Å²) >= 11 is 0. The standard InChI is InChI=1S/C28H25N7O4/c29-24(23-22(35-13-15-37-16-14-35)19-10-6-12-31-27(19)38-23)39-28(30)34-25-26(36)32-20-11-5-4-9-18(20)21(33-25)17-7-2-1-3-8-17/h1-12,25,29H,13-16H2,(H2,30,34)(H,32,36). The number of carbonyl (C=O) groups excluding carboxylic acids is 1. The van der Waals surface area contributed by atoms with Crippen LogP contribution < -0.4 is 16.0 Å². The van der Waals surface area contributed by atoms with Crippen LogP contribution in [-0.4, -0.2) is 61.0 Å². The lowest BCUT2D eigenvalue weighted by Crippen LogP contribution is -2.37. The second kappa shape index (κ2) is 10.4. The summed E-state index contributed by atoms with van der Waals surface area (Å²) < 4.78 is 17.0. The van der Waals surface area contributed by atoms with Crippen molar-refractivity contribution in [1.82, 2.24) is 4.98 Å². The molecule has 1 saturated heterocycles. The largest absolute Gasteiger partial charge is 0.430 e. The van der Waals surface area contributed by atoms with Gasteiger partial charge in [0.25, 0.3) is 17.8 Å². The topological polar surface area (TPSA) is 151 Å². The molecule has 4 N–H and O–H groups in total. The van der Waals surface area contributed by atoms with E-state index in [4.69, 9.17) is 25.0 Å². The van der Waals surface area contributed by atoms with Crippen LogP contribution in [0.1, 0.15) is 16.9 Å². The van der Waals surface area contributed by atoms with E-state index in [1.165, 1.54) is 0 Å². The molecule has 11 nitrogen and oxygen atoms in total. The third-order valence-electron chi connectivity index (χ3n) is 6.40. The number of fused-ring (bicyclic) bond motifs is 2. The number of furan rings is 1. The van der Waals surface area contributed by atoms with Crippen LogP contribution in [0, 0.1) is 5.41 Å². The second-order valence-electron chi connectivity index (χ2n) is 8.89. The van der Waals surface area contributed by atoms with E-state index in [0.717, 1.165) is 16.5 Å². The quantitative estimate of drug-likeness (QED) is 0.275. The summed E-state index contributed by atoms with van der Waals surface area (Å²) in [6.45, 7) is 2.33. The van der Waals surface area contributed by atoms with Gasteiger partial charge in [0.15, 0.2) is 0 Å². The highest BCUT2D eigenvalue weighted by molar-refractivity contribution is 6.19. The number of ether oxygens (including phenoxy) is 2. The molecule has 2 aliphatic heterocycles. The number of amides is 1. The lowest BCUT2D eigenvalue weighted by atomic mass is 10.0. The van der Waals surface area contributed by atoms with Gasteiger partial charge < -0.3 is 29.8 Å². The molecule has 1 atom stereocenters. The zero-order valence-corrected chi connectivity index (χ0v) is 20.8. The molecule has 0 aliphatic carbocycles. The number of pyridine rings is 1. The summed E-state index contributed by atoms with van der Waals surface area (Å²) in [5.41, 5.74) is 9.93. The summed E-state index contributed by atoms with van der Waals surface area (Å²) in [6.07, 6.45) is 0.376. The van der Waals surface area contributed by atoms with Crippen molar-refractivity contribution in [1.29, 1.82) is 5.41 Å². The van der Waals surface area contributed by atoms with Crippen molar-refractivity contribution < 1.29 is 18.7 Å². The molecule has 196 valence electrons. The predicted molar refractivity (Wildman–Crippen MR) is 148 cm³/mol. The Labute approximate surface area is 223 Å². The average molecular weight is 524 g/mol. The lowest BCUT2D eigenvalue weighted by molar-refractivity contribution is -0.117. The average Bonchev–Trinajstić information content (AvgIpc) is 3.30. The first kappa shape index (κ1) is 24.3. The second-order valence-corrected chi connectivity index (χ2v) is 8.89. The summed E-state index contributed by atoms with van der Waals surface area (Å²) in [5, 5.41) is 12.3. The van der Waals surface area contributed by atoms with Gasteiger partial charge in [-0.05, 0) is 18.2 Å². The van der Waals surface area contributed by atoms with E-state index in [9.17, 15) is 4.79 Å². The molecule has 1 fully saturated rings. The smallest absolute Gasteiger partial charge is 0.291 e. The minimum atomic E-state index is -1.24. The van der Waals surface area contributed by atoms with Crippen molar-refractivity contribution in [3.63, 3.8) is 0 Å². The molecular formula is C28H25N7O4. The molecular weight excluding hydrogens is 498 g/mol. The fraction of sp³-hybridized carbons (Fsp3) is 0.179. The molecule has 0 radical (unpaired) electrons. The van der Waals surface area contributed by atoms with Crippen LogP contribution >= 0.6 is 0 Å². The molecule has 2 aromatic carbocycles. The van der Waals surface area contributed by atoms with E-state index in [1.807, 2.05) is 54.6 Å². The highest BCUT2D eigenvalue weighted by Gasteiger charge is 2.28. The Morgan fingerprint density at radius 1 is 1.08 bits per heavy atom. The van der Waals surface area contributed by atoms with Crippen LogP contribution in [0.4, 0.5) is 11.4 Å². The number of para-hydroxylation sites is 1. The van der Waals surface area contributed by atoms with Gasteiger partial charge in [-0.1, -0.05) is 48.5 Å². The van der Waals surface area contributed by atoms with Gasteiger partial charge in [0.1, 0.15) is 0 Å². The molecule has 0 bridgehead atoms. The Kier molecular flexibility index (Phi) is 6.47. The maximum Gasteiger partial charge on any atom is 0.291 e. The summed E-state index contributed by atoms with van der Waals surface area (Å²) in [4.78, 5) is 28.3. The number of aliphatic imine (C=N–C) groups is 2. The Morgan fingerprint density at radius 3 is 2.67 bits per heavy atom. The van der Waals surface area contributed by atoms with E-state index in [1.54, 1.807) is 18.3 Å². The molecule has 4 heterocycles. The highest BCUT2D eigenvalue weighted by atomic mass is 16.5.